The first-order chi connectivity index (χ1) is 13.1. The molecule has 1 saturated heterocycles. The minimum Gasteiger partial charge on any atom is -0.493 e. The van der Waals surface area contributed by atoms with E-state index in [1.807, 2.05) is 18.2 Å². The van der Waals surface area contributed by atoms with Crippen LogP contribution in [0.3, 0.4) is 0 Å². The Kier molecular flexibility index (Phi) is 7.67. The van der Waals surface area contributed by atoms with Crippen molar-refractivity contribution in [2.24, 2.45) is 0 Å². The van der Waals surface area contributed by atoms with Crippen LogP contribution in [-0.2, 0) is 17.9 Å². The molecule has 0 aromatic heterocycles. The van der Waals surface area contributed by atoms with Gasteiger partial charge in [-0.25, -0.2) is 0 Å². The molecule has 1 unspecified atom stereocenters. The van der Waals surface area contributed by atoms with Gasteiger partial charge in [0.05, 0.1) is 17.7 Å². The van der Waals surface area contributed by atoms with Gasteiger partial charge in [0, 0.05) is 35.3 Å². The number of nitrogens with one attached hydrogen (secondary N) is 1. The lowest BCUT2D eigenvalue weighted by atomic mass is 10.2. The molecule has 0 saturated carbocycles. The fourth-order valence-corrected chi connectivity index (χ4v) is 4.05. The maximum absolute atomic E-state index is 6.22. The second-order valence-electron chi connectivity index (χ2n) is 6.40. The maximum Gasteiger partial charge on any atom is 0.175 e. The van der Waals surface area contributed by atoms with Crippen LogP contribution in [0.1, 0.15) is 24.0 Å². The van der Waals surface area contributed by atoms with E-state index < -0.39 is 0 Å². The Morgan fingerprint density at radius 1 is 1.26 bits per heavy atom. The first kappa shape index (κ1) is 20.7. The molecule has 1 aliphatic heterocycles. The van der Waals surface area contributed by atoms with E-state index in [9.17, 15) is 0 Å². The highest BCUT2D eigenvalue weighted by molar-refractivity contribution is 9.10. The fourth-order valence-electron chi connectivity index (χ4n) is 2.99. The first-order valence-electron chi connectivity index (χ1n) is 8.82. The van der Waals surface area contributed by atoms with Crippen molar-refractivity contribution in [3.8, 4) is 11.5 Å². The lowest BCUT2D eigenvalue weighted by molar-refractivity contribution is 0.110. The quantitative estimate of drug-likeness (QED) is 0.539. The summed E-state index contributed by atoms with van der Waals surface area (Å²) in [4.78, 5) is 0. The highest BCUT2D eigenvalue weighted by atomic mass is 79.9. The fraction of sp³-hybridized carbons (Fsp3) is 0.400. The van der Waals surface area contributed by atoms with E-state index in [0.717, 1.165) is 48.1 Å². The van der Waals surface area contributed by atoms with E-state index in [1.54, 1.807) is 19.2 Å². The Hall–Kier alpha value is -0.980. The number of halogens is 3. The normalized spacial score (nSPS) is 16.5. The van der Waals surface area contributed by atoms with Crippen molar-refractivity contribution in [2.75, 3.05) is 20.3 Å². The van der Waals surface area contributed by atoms with E-state index >= 15 is 0 Å². The monoisotopic (exact) mass is 473 g/mol. The van der Waals surface area contributed by atoms with Crippen molar-refractivity contribution in [1.82, 2.24) is 5.32 Å². The van der Waals surface area contributed by atoms with Crippen LogP contribution in [0.2, 0.25) is 10.0 Å². The third-order valence-corrected chi connectivity index (χ3v) is 5.58. The molecule has 3 rings (SSSR count). The van der Waals surface area contributed by atoms with Gasteiger partial charge in [0.1, 0.15) is 6.61 Å². The molecule has 0 bridgehead atoms. The molecular weight excluding hydrogens is 453 g/mol. The van der Waals surface area contributed by atoms with Crippen LogP contribution in [0.4, 0.5) is 0 Å². The Labute approximate surface area is 178 Å². The van der Waals surface area contributed by atoms with Gasteiger partial charge in [-0.3, -0.25) is 0 Å². The van der Waals surface area contributed by atoms with Gasteiger partial charge in [0.2, 0.25) is 0 Å². The minimum absolute atomic E-state index is 0.321. The first-order valence-corrected chi connectivity index (χ1v) is 10.4. The van der Waals surface area contributed by atoms with Crippen molar-refractivity contribution in [1.29, 1.82) is 0 Å². The average molecular weight is 475 g/mol. The average Bonchev–Trinajstić information content (AvgIpc) is 3.15. The number of methoxy groups -OCH3 is 1. The Morgan fingerprint density at radius 2 is 2.11 bits per heavy atom. The van der Waals surface area contributed by atoms with Gasteiger partial charge in [-0.2, -0.15) is 0 Å². The lowest BCUT2D eigenvalue weighted by Crippen LogP contribution is -2.25. The molecule has 2 aromatic carbocycles. The van der Waals surface area contributed by atoms with E-state index in [2.05, 4.69) is 21.2 Å². The molecule has 0 amide bonds. The van der Waals surface area contributed by atoms with Gasteiger partial charge in [0.15, 0.2) is 11.5 Å². The maximum atomic E-state index is 6.22. The van der Waals surface area contributed by atoms with Crippen molar-refractivity contribution >= 4 is 39.1 Å². The van der Waals surface area contributed by atoms with Crippen molar-refractivity contribution in [3.63, 3.8) is 0 Å². The molecule has 1 fully saturated rings. The second-order valence-corrected chi connectivity index (χ2v) is 8.10. The van der Waals surface area contributed by atoms with Gasteiger partial charge < -0.3 is 19.5 Å². The lowest BCUT2D eigenvalue weighted by Gasteiger charge is -2.16. The molecule has 1 atom stereocenters. The SMILES string of the molecule is COc1cc(CNCC2CCCO2)cc(Br)c1OCc1ccc(Cl)cc1Cl. The van der Waals surface area contributed by atoms with Crippen LogP contribution in [0.5, 0.6) is 11.5 Å². The van der Waals surface area contributed by atoms with Crippen molar-refractivity contribution < 1.29 is 14.2 Å². The van der Waals surface area contributed by atoms with Crippen LogP contribution >= 0.6 is 39.1 Å². The van der Waals surface area contributed by atoms with Crippen LogP contribution < -0.4 is 14.8 Å². The van der Waals surface area contributed by atoms with Gasteiger partial charge in [-0.05, 0) is 58.6 Å². The van der Waals surface area contributed by atoms with Gasteiger partial charge in [-0.15, -0.1) is 0 Å². The van der Waals surface area contributed by atoms with Gasteiger partial charge in [-0.1, -0.05) is 29.3 Å². The Balaban J connectivity index is 1.64. The number of hydrogen-bond acceptors (Lipinski definition) is 4. The van der Waals surface area contributed by atoms with E-state index in [0.29, 0.717) is 34.3 Å². The van der Waals surface area contributed by atoms with E-state index in [-0.39, 0.29) is 0 Å². The molecule has 1 N–H and O–H groups in total. The minimum atomic E-state index is 0.321. The third-order valence-electron chi connectivity index (χ3n) is 4.40. The standard InChI is InChI=1S/C20H22BrCl2NO3/c1-25-19-8-13(10-24-11-16-3-2-6-26-16)7-17(21)20(19)27-12-14-4-5-15(22)9-18(14)23/h4-5,7-9,16,24H,2-3,6,10-12H2,1H3. The predicted molar refractivity (Wildman–Crippen MR) is 112 cm³/mol. The Morgan fingerprint density at radius 3 is 2.81 bits per heavy atom. The number of benzene rings is 2. The highest BCUT2D eigenvalue weighted by Crippen LogP contribution is 2.37. The summed E-state index contributed by atoms with van der Waals surface area (Å²) in [6, 6.07) is 9.36. The zero-order valence-corrected chi connectivity index (χ0v) is 18.2. The summed E-state index contributed by atoms with van der Waals surface area (Å²) in [7, 11) is 1.63. The van der Waals surface area contributed by atoms with Crippen LogP contribution in [-0.4, -0.2) is 26.4 Å². The molecule has 0 radical (unpaired) electrons. The van der Waals surface area contributed by atoms with Gasteiger partial charge >= 0.3 is 0 Å². The zero-order chi connectivity index (χ0) is 19.2. The summed E-state index contributed by atoms with van der Waals surface area (Å²) in [6.45, 7) is 2.78. The summed E-state index contributed by atoms with van der Waals surface area (Å²) in [5.41, 5.74) is 1.96. The van der Waals surface area contributed by atoms with E-state index in [1.165, 1.54) is 0 Å². The smallest absolute Gasteiger partial charge is 0.175 e. The molecule has 146 valence electrons. The molecular formula is C20H22BrCl2NO3. The van der Waals surface area contributed by atoms with E-state index in [4.69, 9.17) is 37.4 Å². The van der Waals surface area contributed by atoms with Gasteiger partial charge in [0.25, 0.3) is 0 Å². The topological polar surface area (TPSA) is 39.7 Å². The van der Waals surface area contributed by atoms with Crippen LogP contribution in [0.25, 0.3) is 0 Å². The molecule has 1 aliphatic rings. The summed E-state index contributed by atoms with van der Waals surface area (Å²) >= 11 is 15.7. The largest absolute Gasteiger partial charge is 0.493 e. The van der Waals surface area contributed by atoms with Crippen molar-refractivity contribution in [2.45, 2.75) is 32.1 Å². The molecule has 2 aromatic rings. The number of rotatable bonds is 8. The zero-order valence-electron chi connectivity index (χ0n) is 15.1. The third kappa shape index (κ3) is 5.75. The molecule has 0 aliphatic carbocycles. The highest BCUT2D eigenvalue weighted by Gasteiger charge is 2.16. The molecule has 0 spiro atoms. The molecule has 1 heterocycles. The van der Waals surface area contributed by atoms with Crippen LogP contribution in [0, 0.1) is 0 Å². The Bertz CT molecular complexity index is 782. The van der Waals surface area contributed by atoms with Crippen LogP contribution in [0.15, 0.2) is 34.8 Å². The second kappa shape index (κ2) is 9.99. The summed E-state index contributed by atoms with van der Waals surface area (Å²) in [5, 5.41) is 4.62. The molecule has 7 heteroatoms. The molecule has 27 heavy (non-hydrogen) atoms. The molecule has 4 nitrogen and oxygen atoms in total. The summed E-state index contributed by atoms with van der Waals surface area (Å²) in [6.07, 6.45) is 2.59. The van der Waals surface area contributed by atoms with Crippen molar-refractivity contribution in [3.05, 3.63) is 56.0 Å². The summed E-state index contributed by atoms with van der Waals surface area (Å²) in [5.74, 6) is 1.31. The number of ether oxygens (including phenoxy) is 3. The number of hydrogen-bond donors (Lipinski definition) is 1. The summed E-state index contributed by atoms with van der Waals surface area (Å²) < 4.78 is 18.0. The predicted octanol–water partition coefficient (Wildman–Crippen LogP) is 5.61.